The van der Waals surface area contributed by atoms with Gasteiger partial charge in [-0.25, -0.2) is 14.2 Å². The molecule has 4 heterocycles. The van der Waals surface area contributed by atoms with Crippen molar-refractivity contribution in [3.05, 3.63) is 62.5 Å². The number of thiazole rings is 1. The van der Waals surface area contributed by atoms with Gasteiger partial charge in [-0.1, -0.05) is 17.7 Å². The summed E-state index contributed by atoms with van der Waals surface area (Å²) in [5.74, 6) is -0.480. The Hall–Kier alpha value is -2.41. The third-order valence-corrected chi connectivity index (χ3v) is 7.52. The SMILES string of the molecule is COC(=O)C1=C(CN2C3COCC2CN(OC)C3)NC(c2nccs2)=N[C@H]1c1ccc(F)cc1Cl. The van der Waals surface area contributed by atoms with Crippen molar-refractivity contribution in [3.8, 4) is 0 Å². The minimum absolute atomic E-state index is 0.0747. The highest BCUT2D eigenvalue weighted by Crippen LogP contribution is 2.37. The number of rotatable bonds is 6. The van der Waals surface area contributed by atoms with Crippen LogP contribution in [0.15, 0.2) is 46.0 Å². The van der Waals surface area contributed by atoms with E-state index in [1.54, 1.807) is 19.4 Å². The molecule has 1 N–H and O–H groups in total. The fourth-order valence-electron chi connectivity index (χ4n) is 4.75. The highest BCUT2D eigenvalue weighted by molar-refractivity contribution is 7.11. The van der Waals surface area contributed by atoms with Crippen LogP contribution in [-0.4, -0.2) is 85.9 Å². The molecule has 2 bridgehead atoms. The predicted octanol–water partition coefficient (Wildman–Crippen LogP) is 2.40. The van der Waals surface area contributed by atoms with Crippen molar-refractivity contribution in [3.63, 3.8) is 0 Å². The number of methoxy groups -OCH3 is 1. The van der Waals surface area contributed by atoms with Crippen LogP contribution in [-0.2, 0) is 19.1 Å². The fourth-order valence-corrected chi connectivity index (χ4v) is 5.61. The lowest BCUT2D eigenvalue weighted by Crippen LogP contribution is -2.65. The quantitative estimate of drug-likeness (QED) is 0.580. The summed E-state index contributed by atoms with van der Waals surface area (Å²) in [5.41, 5.74) is 1.48. The van der Waals surface area contributed by atoms with Crippen LogP contribution < -0.4 is 5.32 Å². The molecule has 1 aromatic heterocycles. The van der Waals surface area contributed by atoms with Gasteiger partial charge in [0.05, 0.1) is 33.0 Å². The number of morpholine rings is 1. The summed E-state index contributed by atoms with van der Waals surface area (Å²) >= 11 is 7.86. The Labute approximate surface area is 211 Å². The number of nitrogens with one attached hydrogen (secondary N) is 1. The zero-order valence-electron chi connectivity index (χ0n) is 19.2. The lowest BCUT2D eigenvalue weighted by atomic mass is 9.94. The summed E-state index contributed by atoms with van der Waals surface area (Å²) in [6.45, 7) is 2.89. The molecule has 3 aliphatic heterocycles. The van der Waals surface area contributed by atoms with Gasteiger partial charge >= 0.3 is 5.97 Å². The summed E-state index contributed by atoms with van der Waals surface area (Å²) in [6.07, 6.45) is 1.69. The van der Waals surface area contributed by atoms with Gasteiger partial charge in [-0.2, -0.15) is 5.06 Å². The minimum Gasteiger partial charge on any atom is -0.466 e. The third-order valence-electron chi connectivity index (χ3n) is 6.41. The monoisotopic (exact) mass is 521 g/mol. The second-order valence-electron chi connectivity index (χ2n) is 8.44. The Morgan fingerprint density at radius 3 is 2.71 bits per heavy atom. The Morgan fingerprint density at radius 1 is 1.31 bits per heavy atom. The van der Waals surface area contributed by atoms with E-state index < -0.39 is 17.8 Å². The first-order valence-electron chi connectivity index (χ1n) is 11.1. The van der Waals surface area contributed by atoms with Crippen LogP contribution >= 0.6 is 22.9 Å². The normalized spacial score (nSPS) is 25.3. The van der Waals surface area contributed by atoms with Gasteiger partial charge in [0.25, 0.3) is 0 Å². The summed E-state index contributed by atoms with van der Waals surface area (Å²) in [7, 11) is 3.00. The smallest absolute Gasteiger partial charge is 0.338 e. The van der Waals surface area contributed by atoms with E-state index in [4.69, 9.17) is 30.9 Å². The second-order valence-corrected chi connectivity index (χ2v) is 9.74. The van der Waals surface area contributed by atoms with Crippen LogP contribution in [0.4, 0.5) is 4.39 Å². The molecular formula is C23H25ClFN5O4S. The van der Waals surface area contributed by atoms with Crippen LogP contribution in [0.25, 0.3) is 0 Å². The van der Waals surface area contributed by atoms with Crippen molar-refractivity contribution in [1.82, 2.24) is 20.3 Å². The summed E-state index contributed by atoms with van der Waals surface area (Å²) in [5, 5.41) is 7.98. The van der Waals surface area contributed by atoms with Crippen LogP contribution in [0.2, 0.25) is 5.02 Å². The number of benzene rings is 1. The number of hydrogen-bond donors (Lipinski definition) is 1. The minimum atomic E-state index is -0.790. The predicted molar refractivity (Wildman–Crippen MR) is 129 cm³/mol. The van der Waals surface area contributed by atoms with E-state index in [1.807, 2.05) is 10.4 Å². The second kappa shape index (κ2) is 10.3. The van der Waals surface area contributed by atoms with Crippen molar-refractivity contribution in [2.24, 2.45) is 4.99 Å². The largest absolute Gasteiger partial charge is 0.466 e. The molecule has 0 amide bonds. The number of esters is 1. The molecule has 0 saturated carbocycles. The number of aliphatic imine (C=N–C) groups is 1. The average molecular weight is 522 g/mol. The molecule has 35 heavy (non-hydrogen) atoms. The van der Waals surface area contributed by atoms with E-state index in [-0.39, 0.29) is 17.1 Å². The molecule has 0 aliphatic carbocycles. The van der Waals surface area contributed by atoms with Crippen LogP contribution in [0, 0.1) is 5.82 Å². The first kappa shape index (κ1) is 24.3. The lowest BCUT2D eigenvalue weighted by Gasteiger charge is -2.49. The number of nitrogens with zero attached hydrogens (tertiary/aromatic N) is 4. The van der Waals surface area contributed by atoms with E-state index in [0.717, 1.165) is 0 Å². The zero-order chi connectivity index (χ0) is 24.5. The number of carbonyl (C=O) groups is 1. The molecule has 2 saturated heterocycles. The topological polar surface area (TPSA) is 88.5 Å². The molecule has 9 nitrogen and oxygen atoms in total. The van der Waals surface area contributed by atoms with Gasteiger partial charge in [0.2, 0.25) is 0 Å². The number of hydrogen-bond acceptors (Lipinski definition) is 10. The van der Waals surface area contributed by atoms with Gasteiger partial charge in [-0.05, 0) is 12.1 Å². The Kier molecular flexibility index (Phi) is 7.14. The number of fused-ring (bicyclic) bond motifs is 2. The molecule has 186 valence electrons. The van der Waals surface area contributed by atoms with Crippen molar-refractivity contribution >= 4 is 34.7 Å². The molecule has 3 aliphatic rings. The maximum atomic E-state index is 13.8. The van der Waals surface area contributed by atoms with Crippen molar-refractivity contribution in [1.29, 1.82) is 0 Å². The Balaban J connectivity index is 1.58. The molecule has 1 aromatic carbocycles. The number of ether oxygens (including phenoxy) is 2. The standard InChI is InChI=1S/C23H25ClFN5O4S/c1-32-23(31)19-18(10-30-14-8-29(33-2)9-15(30)12-34-11-14)27-21(22-26-5-6-35-22)28-20(19)16-4-3-13(25)7-17(16)24/h3-7,14-15,20H,8-12H2,1-2H3,(H,27,28)/t14?,15?,20-/m0/s1. The molecule has 2 aromatic rings. The summed E-state index contributed by atoms with van der Waals surface area (Å²) in [4.78, 5) is 30.1. The number of hydroxylamine groups is 2. The van der Waals surface area contributed by atoms with Gasteiger partial charge in [-0.3, -0.25) is 9.89 Å². The third kappa shape index (κ3) is 4.84. The first-order valence-corrected chi connectivity index (χ1v) is 12.4. The molecule has 2 fully saturated rings. The Morgan fingerprint density at radius 2 is 2.09 bits per heavy atom. The van der Waals surface area contributed by atoms with Gasteiger partial charge in [-0.15, -0.1) is 11.3 Å². The maximum absolute atomic E-state index is 13.8. The number of halogens is 2. The van der Waals surface area contributed by atoms with Gasteiger partial charge in [0.15, 0.2) is 10.8 Å². The number of piperazine rings is 1. The van der Waals surface area contributed by atoms with Gasteiger partial charge < -0.3 is 19.6 Å². The highest BCUT2D eigenvalue weighted by atomic mass is 35.5. The molecule has 0 spiro atoms. The van der Waals surface area contributed by atoms with Crippen LogP contribution in [0.3, 0.4) is 0 Å². The van der Waals surface area contributed by atoms with Crippen molar-refractivity contribution in [2.75, 3.05) is 47.1 Å². The van der Waals surface area contributed by atoms with Crippen molar-refractivity contribution < 1.29 is 23.5 Å². The van der Waals surface area contributed by atoms with Crippen LogP contribution in [0.5, 0.6) is 0 Å². The average Bonchev–Trinajstić information content (AvgIpc) is 3.38. The molecule has 3 atom stereocenters. The van der Waals surface area contributed by atoms with Crippen molar-refractivity contribution in [2.45, 2.75) is 18.1 Å². The van der Waals surface area contributed by atoms with E-state index in [2.05, 4.69) is 15.2 Å². The van der Waals surface area contributed by atoms with Gasteiger partial charge in [0.1, 0.15) is 11.9 Å². The van der Waals surface area contributed by atoms with E-state index >= 15 is 0 Å². The highest BCUT2D eigenvalue weighted by Gasteiger charge is 2.41. The molecule has 5 rings (SSSR count). The van der Waals surface area contributed by atoms with E-state index in [1.165, 1.54) is 30.6 Å². The Bertz CT molecular complexity index is 1150. The molecule has 0 radical (unpaired) electrons. The zero-order valence-corrected chi connectivity index (χ0v) is 20.8. The number of amidine groups is 1. The summed E-state index contributed by atoms with van der Waals surface area (Å²) < 4.78 is 24.8. The maximum Gasteiger partial charge on any atom is 0.338 e. The lowest BCUT2D eigenvalue weighted by molar-refractivity contribution is -0.208. The molecule has 12 heteroatoms. The van der Waals surface area contributed by atoms with Crippen LogP contribution in [0.1, 0.15) is 16.6 Å². The van der Waals surface area contributed by atoms with E-state index in [9.17, 15) is 9.18 Å². The fraction of sp³-hybridized carbons (Fsp3) is 0.435. The first-order chi connectivity index (χ1) is 17.0. The number of carbonyl (C=O) groups excluding carboxylic acids is 1. The summed E-state index contributed by atoms with van der Waals surface area (Å²) in [6, 6.07) is 3.44. The molecular weight excluding hydrogens is 497 g/mol. The number of aromatic nitrogens is 1. The molecule has 2 unspecified atom stereocenters. The van der Waals surface area contributed by atoms with E-state index in [0.29, 0.717) is 60.5 Å². The van der Waals surface area contributed by atoms with Gasteiger partial charge in [0, 0.05) is 59.6 Å².